The number of aliphatic hydroxyl groups excluding tert-OH is 2. The van der Waals surface area contributed by atoms with E-state index in [0.29, 0.717) is 63.9 Å². The number of halogens is 4. The second-order valence-electron chi connectivity index (χ2n) is 30.1. The summed E-state index contributed by atoms with van der Waals surface area (Å²) in [5.41, 5.74) is 10.6. The zero-order valence-corrected chi connectivity index (χ0v) is 75.0. The third-order valence-corrected chi connectivity index (χ3v) is 28.9. The zero-order chi connectivity index (χ0) is 88.2. The minimum Gasteiger partial charge on any atom is -0.508 e. The fourth-order valence-electron chi connectivity index (χ4n) is 15.9. The number of hydrogen-bond donors (Lipinski definition) is 7. The van der Waals surface area contributed by atoms with Gasteiger partial charge in [-0.15, -0.1) is 0 Å². The van der Waals surface area contributed by atoms with E-state index in [9.17, 15) is 53.3 Å². The van der Waals surface area contributed by atoms with E-state index in [1.165, 1.54) is 66.4 Å². The van der Waals surface area contributed by atoms with Gasteiger partial charge in [-0.3, -0.25) is 0 Å². The van der Waals surface area contributed by atoms with E-state index in [0.717, 1.165) is 102 Å². The second-order valence-corrected chi connectivity index (χ2v) is 37.6. The van der Waals surface area contributed by atoms with Crippen molar-refractivity contribution in [2.75, 3.05) is 40.9 Å². The number of benzene rings is 12. The van der Waals surface area contributed by atoms with Gasteiger partial charge in [-0.2, -0.15) is 0 Å². The van der Waals surface area contributed by atoms with Crippen LogP contribution in [0.4, 0.5) is 40.3 Å². The lowest BCUT2D eigenvalue weighted by molar-refractivity contribution is 0.163. The Hall–Kier alpha value is -10.4. The summed E-state index contributed by atoms with van der Waals surface area (Å²) >= 11 is 29.4. The topological polar surface area (TPSA) is 182 Å². The molecule has 125 heavy (non-hydrogen) atoms. The Labute approximate surface area is 764 Å². The number of anilines is 4. The van der Waals surface area contributed by atoms with Gasteiger partial charge in [-0.25, -0.2) is 17.6 Å². The lowest BCUT2D eigenvalue weighted by atomic mass is 9.95. The van der Waals surface area contributed by atoms with Gasteiger partial charge in [-0.1, -0.05) is 217 Å². The minimum atomic E-state index is -0.727. The summed E-state index contributed by atoms with van der Waals surface area (Å²) in [6.07, 6.45) is 6.27. The van der Waals surface area contributed by atoms with E-state index in [4.69, 9.17) is 63.1 Å². The van der Waals surface area contributed by atoms with Crippen LogP contribution >= 0.6 is 95.9 Å². The Kier molecular flexibility index (Phi) is 32.6. The third-order valence-electron chi connectivity index (χ3n) is 22.1. The SMILES string of the molecule is COc1ccc([C@@H]2[C@H](CCCc3ccc(F)cc3)SC(=S)N2c2ccccc2)c(O)c1.COc1ccc([C@@H]2[C@H](CCCc3ccc(F)cc3)SC(=S)N2c2ccccc2)c(O)c1.COc1ccc([C@@H]2[C@H](CC[C@H](O)c3ccc(F)cc3)SC(=S)N2c2ccccc2)c(O)c1.Oc1ccc(C2C(CCC(O)c3ccc(F)cc3)SC(=S)N2c2ccccc2)c(O)c1. The van der Waals surface area contributed by atoms with Crippen LogP contribution in [-0.2, 0) is 12.8 Å². The van der Waals surface area contributed by atoms with Gasteiger partial charge in [0.25, 0.3) is 0 Å². The highest BCUT2D eigenvalue weighted by molar-refractivity contribution is 8.25. The minimum absolute atomic E-state index is 0.000291. The Balaban J connectivity index is 0.000000143. The number of nitrogens with zero attached hydrogens (tertiary/aromatic N) is 4. The lowest BCUT2D eigenvalue weighted by Crippen LogP contribution is -2.29. The molecule has 0 aliphatic carbocycles. The maximum Gasteiger partial charge on any atom is 0.141 e. The summed E-state index contributed by atoms with van der Waals surface area (Å²) in [6, 6.07) is 85.0. The average Bonchev–Trinajstić information content (AvgIpc) is 1.62. The molecule has 10 atom stereocenters. The number of phenolic OH excluding ortho intramolecular Hbond substituents is 5. The fraction of sp³-hybridized carbons (Fsp3) is 0.232. The summed E-state index contributed by atoms with van der Waals surface area (Å²) in [7, 11) is 4.73. The van der Waals surface area contributed by atoms with Crippen molar-refractivity contribution >= 4 is 136 Å². The molecule has 4 heterocycles. The number of aromatic hydroxyl groups is 5. The summed E-state index contributed by atoms with van der Waals surface area (Å²) in [4.78, 5) is 8.37. The molecule has 16 rings (SSSR count). The molecular formula is C99H94F4N4O10S8. The van der Waals surface area contributed by atoms with Crippen molar-refractivity contribution in [3.05, 3.63) is 359 Å². The first-order valence-corrected chi connectivity index (χ1v) is 45.9. The van der Waals surface area contributed by atoms with E-state index in [2.05, 4.69) is 14.7 Å². The first kappa shape index (κ1) is 92.3. The lowest BCUT2D eigenvalue weighted by Gasteiger charge is -2.30. The number of aryl methyl sites for hydroxylation is 2. The molecule has 7 N–H and O–H groups in total. The molecule has 12 aromatic rings. The summed E-state index contributed by atoms with van der Waals surface area (Å²) in [6.45, 7) is 0. The van der Waals surface area contributed by atoms with Crippen LogP contribution in [0.3, 0.4) is 0 Å². The number of thiocarbonyl (C=S) groups is 4. The van der Waals surface area contributed by atoms with Gasteiger partial charge in [0.15, 0.2) is 0 Å². The van der Waals surface area contributed by atoms with E-state index < -0.39 is 12.2 Å². The van der Waals surface area contributed by atoms with Crippen molar-refractivity contribution in [2.24, 2.45) is 0 Å². The number of ether oxygens (including phenoxy) is 3. The van der Waals surface area contributed by atoms with Crippen LogP contribution in [0.5, 0.6) is 46.0 Å². The normalized spacial score (nSPS) is 18.9. The Morgan fingerprint density at radius 1 is 0.312 bits per heavy atom. The molecule has 14 nitrogen and oxygen atoms in total. The Morgan fingerprint density at radius 2 is 0.560 bits per heavy atom. The van der Waals surface area contributed by atoms with Crippen LogP contribution in [0.1, 0.15) is 132 Å². The van der Waals surface area contributed by atoms with Crippen molar-refractivity contribution in [3.8, 4) is 46.0 Å². The maximum atomic E-state index is 13.2. The molecule has 0 bridgehead atoms. The molecule has 0 radical (unpaired) electrons. The highest BCUT2D eigenvalue weighted by atomic mass is 32.2. The van der Waals surface area contributed by atoms with Gasteiger partial charge in [-0.05, 0) is 232 Å². The van der Waals surface area contributed by atoms with Crippen LogP contribution in [0.25, 0.3) is 0 Å². The van der Waals surface area contributed by atoms with Crippen LogP contribution in [0.2, 0.25) is 0 Å². The first-order valence-electron chi connectivity index (χ1n) is 40.7. The average molecular weight is 1830 g/mol. The van der Waals surface area contributed by atoms with E-state index in [1.807, 2.05) is 187 Å². The van der Waals surface area contributed by atoms with Crippen molar-refractivity contribution in [1.29, 1.82) is 0 Å². The zero-order valence-electron chi connectivity index (χ0n) is 68.5. The smallest absolute Gasteiger partial charge is 0.141 e. The molecule has 4 aliphatic heterocycles. The monoisotopic (exact) mass is 1830 g/mol. The molecule has 26 heteroatoms. The molecule has 3 unspecified atom stereocenters. The Morgan fingerprint density at radius 3 is 0.816 bits per heavy atom. The van der Waals surface area contributed by atoms with E-state index in [-0.39, 0.29) is 97.2 Å². The maximum absolute atomic E-state index is 13.2. The molecular weight excluding hydrogens is 1740 g/mol. The number of para-hydroxylation sites is 4. The van der Waals surface area contributed by atoms with Gasteiger partial charge in [0.2, 0.25) is 0 Å². The van der Waals surface area contributed by atoms with Gasteiger partial charge in [0.1, 0.15) is 86.5 Å². The van der Waals surface area contributed by atoms with Crippen LogP contribution in [0.15, 0.2) is 291 Å². The Bertz CT molecular complexity index is 5380. The summed E-state index contributed by atoms with van der Waals surface area (Å²) in [5, 5.41) is 74.3. The summed E-state index contributed by atoms with van der Waals surface area (Å²) < 4.78 is 71.5. The largest absolute Gasteiger partial charge is 0.508 e. The van der Waals surface area contributed by atoms with Crippen molar-refractivity contribution < 1.29 is 67.5 Å². The van der Waals surface area contributed by atoms with Gasteiger partial charge >= 0.3 is 0 Å². The number of hydrogen-bond acceptors (Lipinski definition) is 18. The van der Waals surface area contributed by atoms with E-state index >= 15 is 0 Å². The fourth-order valence-corrected chi connectivity index (χ4v) is 23.3. The molecule has 4 fully saturated rings. The standard InChI is InChI=1S/C25H24FNO3S2.2C25H24FNO2S2.C24H22FNO3S2/c1-30-19-11-12-20(22(29)15-19)24-23(14-13-21(28)16-7-9-17(26)10-8-16)32-25(31)27(24)18-5-3-2-4-6-18;2*1-29-20-14-15-21(22(28)16-20)24-23(9-5-6-17-10-12-18(26)13-11-17)31-25(30)27(24)19-7-3-2-4-8-19;25-16-8-6-15(7-9-16)20(28)12-13-22-23(19-11-10-18(27)14-21(19)29)26(24(30)31-22)17-4-2-1-3-5-17/h2-12,15,21,23-24,28-29H,13-14H2,1H3;2*2-4,7-8,10-16,23-24,28H,5-6,9H2,1H3;1-11,14,20,22-23,27-29H,12-13H2/t21-,23-,24+;2*23-,24+;/m000./s1. The van der Waals surface area contributed by atoms with Crippen LogP contribution in [-0.4, -0.2) is 95.4 Å². The van der Waals surface area contributed by atoms with Crippen molar-refractivity contribution in [2.45, 2.75) is 122 Å². The van der Waals surface area contributed by atoms with Crippen LogP contribution < -0.4 is 33.8 Å². The van der Waals surface area contributed by atoms with E-state index in [1.54, 1.807) is 111 Å². The van der Waals surface area contributed by atoms with Gasteiger partial charge in [0.05, 0.1) is 57.7 Å². The molecule has 4 saturated heterocycles. The third kappa shape index (κ3) is 23.5. The molecule has 12 aromatic carbocycles. The number of thioether (sulfide) groups is 4. The first-order chi connectivity index (χ1) is 60.5. The quantitative estimate of drug-likeness (QED) is 0.0191. The number of rotatable bonds is 27. The highest BCUT2D eigenvalue weighted by Crippen LogP contribution is 2.54. The number of methoxy groups -OCH3 is 3. The number of aliphatic hydroxyl groups is 2. The molecule has 4 aliphatic rings. The second kappa shape index (κ2) is 44.2. The van der Waals surface area contributed by atoms with Gasteiger partial charge < -0.3 is 69.6 Å². The highest BCUT2D eigenvalue weighted by Gasteiger charge is 2.46. The van der Waals surface area contributed by atoms with Crippen molar-refractivity contribution in [1.82, 2.24) is 0 Å². The predicted molar refractivity (Wildman–Crippen MR) is 516 cm³/mol. The van der Waals surface area contributed by atoms with Crippen molar-refractivity contribution in [3.63, 3.8) is 0 Å². The summed E-state index contributed by atoms with van der Waals surface area (Å²) in [5.74, 6) is 1.27. The van der Waals surface area contributed by atoms with Crippen LogP contribution in [0, 0.1) is 23.3 Å². The molecule has 0 saturated carbocycles. The van der Waals surface area contributed by atoms with Gasteiger partial charge in [0, 0.05) is 90.3 Å². The molecule has 646 valence electrons. The number of phenols is 5. The molecule has 0 spiro atoms. The predicted octanol–water partition coefficient (Wildman–Crippen LogP) is 24.7. The molecule has 0 aromatic heterocycles. The molecule has 0 amide bonds.